The summed E-state index contributed by atoms with van der Waals surface area (Å²) in [7, 11) is 4.97. The number of rotatable bonds is 7. The van der Waals surface area contributed by atoms with Gasteiger partial charge in [0.05, 0.1) is 18.9 Å². The molecule has 0 unspecified atom stereocenters. The zero-order valence-corrected chi connectivity index (χ0v) is 10.5. The highest BCUT2D eigenvalue weighted by molar-refractivity contribution is 5.92. The molecule has 0 aliphatic heterocycles. The lowest BCUT2D eigenvalue weighted by Crippen LogP contribution is -2.18. The molecule has 6 nitrogen and oxygen atoms in total. The molecule has 17 heavy (non-hydrogen) atoms. The molecule has 1 aromatic heterocycles. The fraction of sp³-hybridized carbons (Fsp3) is 0.636. The van der Waals surface area contributed by atoms with E-state index in [4.69, 9.17) is 15.2 Å². The van der Waals surface area contributed by atoms with E-state index in [9.17, 15) is 4.79 Å². The lowest BCUT2D eigenvalue weighted by Gasteiger charge is -2.03. The number of carbonyl (C=O) groups excluding carboxylic acids is 1. The van der Waals surface area contributed by atoms with Crippen LogP contribution >= 0.6 is 0 Å². The van der Waals surface area contributed by atoms with E-state index >= 15 is 0 Å². The summed E-state index contributed by atoms with van der Waals surface area (Å²) < 4.78 is 11.6. The van der Waals surface area contributed by atoms with Crippen LogP contribution in [0.4, 0.5) is 0 Å². The molecular weight excluding hydrogens is 222 g/mol. The Kier molecular flexibility index (Phi) is 5.11. The van der Waals surface area contributed by atoms with Gasteiger partial charge in [-0.1, -0.05) is 0 Å². The van der Waals surface area contributed by atoms with E-state index in [0.717, 1.165) is 11.3 Å². The summed E-state index contributed by atoms with van der Waals surface area (Å²) in [5.41, 5.74) is 7.52. The average Bonchev–Trinajstić information content (AvgIpc) is 2.60. The molecule has 0 saturated heterocycles. The van der Waals surface area contributed by atoms with Crippen LogP contribution in [0.15, 0.2) is 0 Å². The zero-order valence-electron chi connectivity index (χ0n) is 10.5. The molecule has 96 valence electrons. The molecule has 0 atom stereocenters. The zero-order chi connectivity index (χ0) is 12.8. The van der Waals surface area contributed by atoms with Gasteiger partial charge in [0.15, 0.2) is 0 Å². The van der Waals surface area contributed by atoms with Crippen molar-refractivity contribution in [1.29, 1.82) is 0 Å². The first kappa shape index (κ1) is 13.7. The van der Waals surface area contributed by atoms with Gasteiger partial charge in [0.1, 0.15) is 5.69 Å². The maximum absolute atomic E-state index is 11.4. The minimum absolute atomic E-state index is 0.452. The molecule has 0 aromatic carbocycles. The second-order valence-corrected chi connectivity index (χ2v) is 3.75. The molecule has 0 radical (unpaired) electrons. The van der Waals surface area contributed by atoms with Gasteiger partial charge in [-0.2, -0.15) is 5.10 Å². The summed E-state index contributed by atoms with van der Waals surface area (Å²) in [5, 5.41) is 4.30. The van der Waals surface area contributed by atoms with Crippen molar-refractivity contribution in [2.45, 2.75) is 12.8 Å². The van der Waals surface area contributed by atoms with E-state index < -0.39 is 5.91 Å². The molecule has 1 heterocycles. The fourth-order valence-electron chi connectivity index (χ4n) is 1.80. The summed E-state index contributed by atoms with van der Waals surface area (Å²) in [6.45, 7) is 1.10. The Balaban J connectivity index is 3.02. The molecule has 0 fully saturated rings. The number of aryl methyl sites for hydroxylation is 1. The largest absolute Gasteiger partial charge is 0.384 e. The van der Waals surface area contributed by atoms with Crippen LogP contribution in [0.3, 0.4) is 0 Å². The molecule has 0 saturated carbocycles. The van der Waals surface area contributed by atoms with Crippen molar-refractivity contribution >= 4 is 5.91 Å². The molecule has 1 rings (SSSR count). The Bertz CT molecular complexity index is 388. The Hall–Kier alpha value is -1.40. The van der Waals surface area contributed by atoms with Crippen molar-refractivity contribution in [3.05, 3.63) is 17.0 Å². The standard InChI is InChI=1S/C11H19N3O3/c1-14-10(11(12)15)8(4-6-16-2)9(13-14)5-7-17-3/h4-7H2,1-3H3,(H2,12,15). The topological polar surface area (TPSA) is 79.4 Å². The van der Waals surface area contributed by atoms with Gasteiger partial charge in [0, 0.05) is 33.3 Å². The van der Waals surface area contributed by atoms with Crippen molar-refractivity contribution in [1.82, 2.24) is 9.78 Å². The Morgan fingerprint density at radius 1 is 1.29 bits per heavy atom. The van der Waals surface area contributed by atoms with Crippen LogP contribution in [-0.2, 0) is 29.4 Å². The van der Waals surface area contributed by atoms with Crippen molar-refractivity contribution in [2.24, 2.45) is 12.8 Å². The number of methoxy groups -OCH3 is 2. The summed E-state index contributed by atoms with van der Waals surface area (Å²) in [4.78, 5) is 11.4. The Morgan fingerprint density at radius 2 is 1.88 bits per heavy atom. The number of nitrogens with zero attached hydrogens (tertiary/aromatic N) is 2. The summed E-state index contributed by atoms with van der Waals surface area (Å²) in [6, 6.07) is 0. The highest BCUT2D eigenvalue weighted by Gasteiger charge is 2.19. The van der Waals surface area contributed by atoms with E-state index in [1.807, 2.05) is 0 Å². The molecular formula is C11H19N3O3. The summed E-state index contributed by atoms with van der Waals surface area (Å²) in [6.07, 6.45) is 1.29. The molecule has 0 aliphatic rings. The fourth-order valence-corrected chi connectivity index (χ4v) is 1.80. The maximum atomic E-state index is 11.4. The third-order valence-electron chi connectivity index (χ3n) is 2.56. The van der Waals surface area contributed by atoms with E-state index in [2.05, 4.69) is 5.10 Å². The van der Waals surface area contributed by atoms with E-state index in [1.165, 1.54) is 4.68 Å². The van der Waals surface area contributed by atoms with Gasteiger partial charge in [-0.05, 0) is 6.42 Å². The monoisotopic (exact) mass is 241 g/mol. The lowest BCUT2D eigenvalue weighted by molar-refractivity contribution is 0.0990. The van der Waals surface area contributed by atoms with Crippen LogP contribution in [0.1, 0.15) is 21.7 Å². The lowest BCUT2D eigenvalue weighted by atomic mass is 10.1. The number of amides is 1. The Morgan fingerprint density at radius 3 is 2.41 bits per heavy atom. The van der Waals surface area contributed by atoms with Crippen LogP contribution < -0.4 is 5.73 Å². The highest BCUT2D eigenvalue weighted by Crippen LogP contribution is 2.15. The van der Waals surface area contributed by atoms with Gasteiger partial charge < -0.3 is 15.2 Å². The van der Waals surface area contributed by atoms with E-state index in [0.29, 0.717) is 31.7 Å². The van der Waals surface area contributed by atoms with Gasteiger partial charge >= 0.3 is 0 Å². The van der Waals surface area contributed by atoms with Crippen LogP contribution in [0, 0.1) is 0 Å². The van der Waals surface area contributed by atoms with Crippen molar-refractivity contribution in [3.8, 4) is 0 Å². The van der Waals surface area contributed by atoms with Crippen molar-refractivity contribution in [3.63, 3.8) is 0 Å². The van der Waals surface area contributed by atoms with Gasteiger partial charge in [0.2, 0.25) is 0 Å². The second-order valence-electron chi connectivity index (χ2n) is 3.75. The predicted octanol–water partition coefficient (Wildman–Crippen LogP) is -0.103. The van der Waals surface area contributed by atoms with Gasteiger partial charge in [-0.25, -0.2) is 0 Å². The number of primary amides is 1. The van der Waals surface area contributed by atoms with Crippen molar-refractivity contribution < 1.29 is 14.3 Å². The molecule has 1 amide bonds. The Labute approximate surface area is 101 Å². The second kappa shape index (κ2) is 6.36. The summed E-state index contributed by atoms with van der Waals surface area (Å²) in [5.74, 6) is -0.463. The number of nitrogens with two attached hydrogens (primary N) is 1. The normalized spacial score (nSPS) is 10.8. The van der Waals surface area contributed by atoms with E-state index in [-0.39, 0.29) is 0 Å². The number of hydrogen-bond donors (Lipinski definition) is 1. The molecule has 0 spiro atoms. The minimum atomic E-state index is -0.463. The minimum Gasteiger partial charge on any atom is -0.384 e. The smallest absolute Gasteiger partial charge is 0.267 e. The van der Waals surface area contributed by atoms with Crippen LogP contribution in [-0.4, -0.2) is 43.1 Å². The maximum Gasteiger partial charge on any atom is 0.267 e. The summed E-state index contributed by atoms with van der Waals surface area (Å²) >= 11 is 0. The van der Waals surface area contributed by atoms with E-state index in [1.54, 1.807) is 21.3 Å². The third kappa shape index (κ3) is 3.28. The highest BCUT2D eigenvalue weighted by atomic mass is 16.5. The first-order valence-electron chi connectivity index (χ1n) is 5.44. The molecule has 1 aromatic rings. The quantitative estimate of drug-likeness (QED) is 0.722. The van der Waals surface area contributed by atoms with Crippen LogP contribution in [0.25, 0.3) is 0 Å². The van der Waals surface area contributed by atoms with Gasteiger partial charge in [-0.3, -0.25) is 9.48 Å². The SMILES string of the molecule is COCCc1nn(C)c(C(N)=O)c1CCOC. The molecule has 0 bridgehead atoms. The first-order valence-corrected chi connectivity index (χ1v) is 5.44. The number of ether oxygens (including phenoxy) is 2. The number of aromatic nitrogens is 2. The van der Waals surface area contributed by atoms with Gasteiger partial charge in [0.25, 0.3) is 5.91 Å². The predicted molar refractivity (Wildman–Crippen MR) is 62.9 cm³/mol. The van der Waals surface area contributed by atoms with Crippen molar-refractivity contribution in [2.75, 3.05) is 27.4 Å². The molecule has 6 heteroatoms. The number of carbonyl (C=O) groups is 1. The third-order valence-corrected chi connectivity index (χ3v) is 2.56. The number of hydrogen-bond acceptors (Lipinski definition) is 4. The van der Waals surface area contributed by atoms with Crippen LogP contribution in [0.2, 0.25) is 0 Å². The average molecular weight is 241 g/mol. The molecule has 0 aliphatic carbocycles. The van der Waals surface area contributed by atoms with Gasteiger partial charge in [-0.15, -0.1) is 0 Å². The van der Waals surface area contributed by atoms with Crippen LogP contribution in [0.5, 0.6) is 0 Å². The molecule has 2 N–H and O–H groups in total. The first-order chi connectivity index (χ1) is 8.11.